The van der Waals surface area contributed by atoms with E-state index in [2.05, 4.69) is 32.2 Å². The quantitative estimate of drug-likeness (QED) is 0.560. The van der Waals surface area contributed by atoms with Crippen LogP contribution in [0.3, 0.4) is 0 Å². The second-order valence-corrected chi connectivity index (χ2v) is 5.65. The molecule has 1 rings (SSSR count). The summed E-state index contributed by atoms with van der Waals surface area (Å²) in [5, 5.41) is 3.59. The van der Waals surface area contributed by atoms with Crippen molar-refractivity contribution < 1.29 is 14.3 Å². The number of hydrogen-bond donors (Lipinski definition) is 1. The fourth-order valence-electron chi connectivity index (χ4n) is 2.67. The highest BCUT2D eigenvalue weighted by atomic mass is 16.5. The van der Waals surface area contributed by atoms with Crippen LogP contribution in [0, 0.1) is 6.92 Å². The van der Waals surface area contributed by atoms with Crippen LogP contribution in [0.15, 0.2) is 18.2 Å². The predicted octanol–water partition coefficient (Wildman–Crippen LogP) is 3.56. The van der Waals surface area contributed by atoms with Crippen molar-refractivity contribution in [1.29, 1.82) is 0 Å². The summed E-state index contributed by atoms with van der Waals surface area (Å²) in [5.41, 5.74) is 2.27. The van der Waals surface area contributed by atoms with Gasteiger partial charge in [-0.15, -0.1) is 0 Å². The molecular formula is C18H29NO3. The van der Waals surface area contributed by atoms with Crippen LogP contribution in [0.4, 0.5) is 0 Å². The number of esters is 1. The van der Waals surface area contributed by atoms with Crippen molar-refractivity contribution in [3.05, 3.63) is 29.3 Å². The third kappa shape index (κ3) is 4.73. The van der Waals surface area contributed by atoms with Crippen molar-refractivity contribution in [1.82, 2.24) is 5.32 Å². The van der Waals surface area contributed by atoms with Gasteiger partial charge in [0.25, 0.3) is 0 Å². The average Bonchev–Trinajstić information content (AvgIpc) is 2.52. The molecule has 4 heteroatoms. The Kier molecular flexibility index (Phi) is 7.39. The van der Waals surface area contributed by atoms with Crippen LogP contribution in [0.1, 0.15) is 51.2 Å². The van der Waals surface area contributed by atoms with Crippen molar-refractivity contribution in [2.24, 2.45) is 0 Å². The maximum atomic E-state index is 11.4. The lowest BCUT2D eigenvalue weighted by Crippen LogP contribution is -2.40. The Bertz CT molecular complexity index is 487. The molecular weight excluding hydrogens is 278 g/mol. The Labute approximate surface area is 134 Å². The second kappa shape index (κ2) is 8.79. The minimum atomic E-state index is -0.132. The van der Waals surface area contributed by atoms with Crippen molar-refractivity contribution >= 4 is 5.97 Å². The van der Waals surface area contributed by atoms with Crippen LogP contribution in [-0.2, 0) is 15.1 Å². The van der Waals surface area contributed by atoms with Gasteiger partial charge >= 0.3 is 5.97 Å². The van der Waals surface area contributed by atoms with Gasteiger partial charge in [-0.1, -0.05) is 19.1 Å². The van der Waals surface area contributed by atoms with Crippen LogP contribution >= 0.6 is 0 Å². The lowest BCUT2D eigenvalue weighted by molar-refractivity contribution is -0.143. The molecule has 0 heterocycles. The number of benzene rings is 1. The fourth-order valence-corrected chi connectivity index (χ4v) is 2.67. The van der Waals surface area contributed by atoms with E-state index in [-0.39, 0.29) is 11.5 Å². The van der Waals surface area contributed by atoms with E-state index < -0.39 is 0 Å². The standard InChI is InChI=1S/C18H29NO3/c1-6-18(4,19-13-9-12-17(20)22-7-2)15-10-8-11-16(21-5)14(15)3/h8,10-11,19H,6-7,9,12-13H2,1-5H3. The zero-order valence-electron chi connectivity index (χ0n) is 14.5. The summed E-state index contributed by atoms with van der Waals surface area (Å²) in [6.45, 7) is 9.50. The van der Waals surface area contributed by atoms with Crippen molar-refractivity contribution in [3.8, 4) is 5.75 Å². The van der Waals surface area contributed by atoms with Gasteiger partial charge in [0.1, 0.15) is 5.75 Å². The Morgan fingerprint density at radius 2 is 2.05 bits per heavy atom. The molecule has 4 nitrogen and oxygen atoms in total. The summed E-state index contributed by atoms with van der Waals surface area (Å²) >= 11 is 0. The summed E-state index contributed by atoms with van der Waals surface area (Å²) in [6.07, 6.45) is 2.19. The largest absolute Gasteiger partial charge is 0.496 e. The molecule has 0 fully saturated rings. The molecule has 0 saturated heterocycles. The van der Waals surface area contributed by atoms with Crippen LogP contribution in [0.25, 0.3) is 0 Å². The summed E-state index contributed by atoms with van der Waals surface area (Å²) in [7, 11) is 1.70. The Hall–Kier alpha value is -1.55. The minimum Gasteiger partial charge on any atom is -0.496 e. The number of carbonyl (C=O) groups excluding carboxylic acids is 1. The lowest BCUT2D eigenvalue weighted by Gasteiger charge is -2.32. The number of nitrogens with one attached hydrogen (secondary N) is 1. The SMILES string of the molecule is CCOC(=O)CCCNC(C)(CC)c1cccc(OC)c1C. The average molecular weight is 307 g/mol. The predicted molar refractivity (Wildman–Crippen MR) is 89.2 cm³/mol. The third-order valence-electron chi connectivity index (χ3n) is 4.18. The van der Waals surface area contributed by atoms with Gasteiger partial charge in [-0.3, -0.25) is 4.79 Å². The highest BCUT2D eigenvalue weighted by Crippen LogP contribution is 2.32. The summed E-state index contributed by atoms with van der Waals surface area (Å²) < 4.78 is 10.4. The van der Waals surface area contributed by atoms with Gasteiger partial charge in [0, 0.05) is 12.0 Å². The van der Waals surface area contributed by atoms with E-state index in [9.17, 15) is 4.79 Å². The molecule has 1 atom stereocenters. The molecule has 0 aliphatic rings. The Morgan fingerprint density at radius 1 is 1.32 bits per heavy atom. The highest BCUT2D eigenvalue weighted by molar-refractivity contribution is 5.69. The molecule has 0 aliphatic carbocycles. The normalized spacial score (nSPS) is 13.5. The molecule has 1 aromatic rings. The van der Waals surface area contributed by atoms with Gasteiger partial charge in [-0.25, -0.2) is 0 Å². The first-order chi connectivity index (χ1) is 10.5. The van der Waals surface area contributed by atoms with Gasteiger partial charge < -0.3 is 14.8 Å². The zero-order chi connectivity index (χ0) is 16.6. The van der Waals surface area contributed by atoms with Crippen LogP contribution < -0.4 is 10.1 Å². The Morgan fingerprint density at radius 3 is 2.64 bits per heavy atom. The van der Waals surface area contributed by atoms with Crippen LogP contribution in [0.2, 0.25) is 0 Å². The molecule has 0 bridgehead atoms. The maximum Gasteiger partial charge on any atom is 0.305 e. The first kappa shape index (κ1) is 18.5. The molecule has 0 radical (unpaired) electrons. The van der Waals surface area contributed by atoms with E-state index in [1.165, 1.54) is 5.56 Å². The number of methoxy groups -OCH3 is 1. The van der Waals surface area contributed by atoms with Gasteiger partial charge in [-0.2, -0.15) is 0 Å². The molecule has 1 N–H and O–H groups in total. The minimum absolute atomic E-state index is 0.125. The van der Waals surface area contributed by atoms with Crippen LogP contribution in [-0.4, -0.2) is 26.2 Å². The third-order valence-corrected chi connectivity index (χ3v) is 4.18. The summed E-state index contributed by atoms with van der Waals surface area (Å²) in [4.78, 5) is 11.4. The maximum absolute atomic E-state index is 11.4. The number of carbonyl (C=O) groups is 1. The Balaban J connectivity index is 2.70. The molecule has 0 saturated carbocycles. The smallest absolute Gasteiger partial charge is 0.305 e. The first-order valence-electron chi connectivity index (χ1n) is 8.03. The fraction of sp³-hybridized carbons (Fsp3) is 0.611. The molecule has 1 unspecified atom stereocenters. The van der Waals surface area contributed by atoms with E-state index >= 15 is 0 Å². The molecule has 0 amide bonds. The second-order valence-electron chi connectivity index (χ2n) is 5.65. The highest BCUT2D eigenvalue weighted by Gasteiger charge is 2.26. The van der Waals surface area contributed by atoms with Crippen LogP contribution in [0.5, 0.6) is 5.75 Å². The van der Waals surface area contributed by atoms with Gasteiger partial charge in [0.15, 0.2) is 0 Å². The number of rotatable bonds is 9. The molecule has 0 aliphatic heterocycles. The monoisotopic (exact) mass is 307 g/mol. The van der Waals surface area contributed by atoms with E-state index in [1.807, 2.05) is 19.1 Å². The first-order valence-corrected chi connectivity index (χ1v) is 8.03. The van der Waals surface area contributed by atoms with Crippen molar-refractivity contribution in [3.63, 3.8) is 0 Å². The van der Waals surface area contributed by atoms with Gasteiger partial charge in [-0.05, 0) is 57.4 Å². The molecule has 124 valence electrons. The van der Waals surface area contributed by atoms with Gasteiger partial charge in [0.2, 0.25) is 0 Å². The van der Waals surface area contributed by atoms with E-state index in [1.54, 1.807) is 7.11 Å². The number of ether oxygens (including phenoxy) is 2. The van der Waals surface area contributed by atoms with Crippen molar-refractivity contribution in [2.45, 2.75) is 52.5 Å². The van der Waals surface area contributed by atoms with Crippen molar-refractivity contribution in [2.75, 3.05) is 20.3 Å². The topological polar surface area (TPSA) is 47.6 Å². The van der Waals surface area contributed by atoms with E-state index in [0.717, 1.165) is 30.7 Å². The van der Waals surface area contributed by atoms with E-state index in [4.69, 9.17) is 9.47 Å². The molecule has 0 spiro atoms. The number of hydrogen-bond acceptors (Lipinski definition) is 4. The molecule has 22 heavy (non-hydrogen) atoms. The van der Waals surface area contributed by atoms with E-state index in [0.29, 0.717) is 13.0 Å². The van der Waals surface area contributed by atoms with Gasteiger partial charge in [0.05, 0.1) is 13.7 Å². The summed E-state index contributed by atoms with van der Waals surface area (Å²) in [6, 6.07) is 6.14. The molecule has 1 aromatic carbocycles. The zero-order valence-corrected chi connectivity index (χ0v) is 14.5. The molecule has 0 aromatic heterocycles. The summed E-state index contributed by atoms with van der Waals surface area (Å²) in [5.74, 6) is 0.783. The lowest BCUT2D eigenvalue weighted by atomic mass is 9.85.